The normalized spacial score (nSPS) is 28.6. The van der Waals surface area contributed by atoms with E-state index >= 15 is 0 Å². The highest BCUT2D eigenvalue weighted by Gasteiger charge is 2.52. The van der Waals surface area contributed by atoms with E-state index in [1.807, 2.05) is 73.7 Å². The largest absolute Gasteiger partial charge is 0.367 e. The van der Waals surface area contributed by atoms with Crippen molar-refractivity contribution in [2.24, 2.45) is 0 Å². The van der Waals surface area contributed by atoms with Gasteiger partial charge in [0.05, 0.1) is 11.5 Å². The fourth-order valence-corrected chi connectivity index (χ4v) is 4.55. The molecule has 156 valence electrons. The minimum atomic E-state index is -0.985. The van der Waals surface area contributed by atoms with Crippen LogP contribution in [-0.4, -0.2) is 23.8 Å². The molecule has 0 saturated carbocycles. The molecular formula is C27H30O3. The van der Waals surface area contributed by atoms with Gasteiger partial charge in [-0.25, -0.2) is 0 Å². The van der Waals surface area contributed by atoms with E-state index in [2.05, 4.69) is 38.1 Å². The van der Waals surface area contributed by atoms with Crippen LogP contribution < -0.4 is 0 Å². The summed E-state index contributed by atoms with van der Waals surface area (Å²) in [4.78, 5) is 0. The van der Waals surface area contributed by atoms with Gasteiger partial charge in [0, 0.05) is 11.8 Å². The molecule has 3 nitrogen and oxygen atoms in total. The zero-order chi connectivity index (χ0) is 21.1. The monoisotopic (exact) mass is 402 g/mol. The molecule has 1 N–H and O–H groups in total. The van der Waals surface area contributed by atoms with Crippen molar-refractivity contribution in [2.75, 3.05) is 0 Å². The van der Waals surface area contributed by atoms with Gasteiger partial charge in [-0.3, -0.25) is 0 Å². The van der Waals surface area contributed by atoms with Crippen molar-refractivity contribution in [2.45, 2.75) is 56.7 Å². The third-order valence-corrected chi connectivity index (χ3v) is 6.56. The summed E-state index contributed by atoms with van der Waals surface area (Å²) in [5.41, 5.74) is 2.62. The molecule has 4 rings (SSSR count). The molecule has 0 aromatic heterocycles. The van der Waals surface area contributed by atoms with Gasteiger partial charge in [0.15, 0.2) is 12.6 Å². The van der Waals surface area contributed by atoms with Crippen molar-refractivity contribution >= 4 is 0 Å². The Morgan fingerprint density at radius 3 is 1.70 bits per heavy atom. The molecular weight excluding hydrogens is 372 g/mol. The van der Waals surface area contributed by atoms with Gasteiger partial charge in [-0.15, -0.1) is 0 Å². The Labute approximate surface area is 179 Å². The van der Waals surface area contributed by atoms with Gasteiger partial charge < -0.3 is 14.6 Å². The summed E-state index contributed by atoms with van der Waals surface area (Å²) >= 11 is 0. The quantitative estimate of drug-likeness (QED) is 0.603. The van der Waals surface area contributed by atoms with E-state index in [1.165, 1.54) is 5.56 Å². The Bertz CT molecular complexity index is 928. The molecule has 6 unspecified atom stereocenters. The maximum atomic E-state index is 11.3. The maximum absolute atomic E-state index is 11.3. The fourth-order valence-electron chi connectivity index (χ4n) is 4.55. The van der Waals surface area contributed by atoms with E-state index in [0.717, 1.165) is 11.1 Å². The average Bonchev–Trinajstić information content (AvgIpc) is 2.81. The van der Waals surface area contributed by atoms with Crippen LogP contribution in [0.2, 0.25) is 0 Å². The van der Waals surface area contributed by atoms with Crippen LogP contribution in [0, 0.1) is 0 Å². The average molecular weight is 403 g/mol. The lowest BCUT2D eigenvalue weighted by Crippen LogP contribution is -2.59. The number of hydrogen-bond acceptors (Lipinski definition) is 3. The first kappa shape index (κ1) is 20.8. The SMILES string of the molecule is CC(c1ccccc1)C1OC(O)C(C)(c2ccccc2)C(C(C)c2ccccc2)O1. The molecule has 1 aliphatic heterocycles. The van der Waals surface area contributed by atoms with E-state index in [1.54, 1.807) is 0 Å². The predicted octanol–water partition coefficient (Wildman–Crippen LogP) is 5.61. The molecule has 1 heterocycles. The minimum Gasteiger partial charge on any atom is -0.367 e. The summed E-state index contributed by atoms with van der Waals surface area (Å²) in [6, 6.07) is 30.6. The molecule has 0 amide bonds. The lowest BCUT2D eigenvalue weighted by atomic mass is 9.70. The number of aliphatic hydroxyl groups excluding tert-OH is 1. The van der Waals surface area contributed by atoms with Crippen molar-refractivity contribution in [1.29, 1.82) is 0 Å². The third kappa shape index (κ3) is 3.81. The summed E-state index contributed by atoms with van der Waals surface area (Å²) in [6.07, 6.45) is -1.78. The molecule has 0 spiro atoms. The van der Waals surface area contributed by atoms with Crippen LogP contribution in [0.15, 0.2) is 91.0 Å². The Morgan fingerprint density at radius 2 is 1.17 bits per heavy atom. The van der Waals surface area contributed by atoms with Crippen LogP contribution in [0.1, 0.15) is 49.3 Å². The highest BCUT2D eigenvalue weighted by atomic mass is 16.7. The molecule has 1 fully saturated rings. The van der Waals surface area contributed by atoms with Gasteiger partial charge in [0.1, 0.15) is 0 Å². The lowest BCUT2D eigenvalue weighted by molar-refractivity contribution is -0.336. The number of rotatable bonds is 5. The Kier molecular flexibility index (Phi) is 6.05. The maximum Gasteiger partial charge on any atom is 0.169 e. The molecule has 3 aromatic carbocycles. The number of benzene rings is 3. The molecule has 3 heteroatoms. The standard InChI is InChI=1S/C27H30O3/c1-19(21-13-7-4-8-14-21)24-27(3,23-17-11-6-12-18-23)26(28)30-25(29-24)20(2)22-15-9-5-10-16-22/h4-20,24-26,28H,1-3H3. The van der Waals surface area contributed by atoms with Gasteiger partial charge in [-0.2, -0.15) is 0 Å². The smallest absolute Gasteiger partial charge is 0.169 e. The molecule has 3 aromatic rings. The highest BCUT2D eigenvalue weighted by Crippen LogP contribution is 2.46. The summed E-state index contributed by atoms with van der Waals surface area (Å²) in [7, 11) is 0. The van der Waals surface area contributed by atoms with Crippen LogP contribution in [0.25, 0.3) is 0 Å². The lowest BCUT2D eigenvalue weighted by Gasteiger charge is -2.51. The first-order chi connectivity index (χ1) is 14.5. The van der Waals surface area contributed by atoms with E-state index in [9.17, 15) is 5.11 Å². The summed E-state index contributed by atoms with van der Waals surface area (Å²) in [6.45, 7) is 6.30. The van der Waals surface area contributed by atoms with Crippen molar-refractivity contribution in [3.05, 3.63) is 108 Å². The fraction of sp³-hybridized carbons (Fsp3) is 0.333. The van der Waals surface area contributed by atoms with E-state index in [0.29, 0.717) is 0 Å². The molecule has 1 saturated heterocycles. The highest BCUT2D eigenvalue weighted by molar-refractivity contribution is 5.32. The number of aliphatic hydroxyl groups is 1. The van der Waals surface area contributed by atoms with Crippen LogP contribution in [-0.2, 0) is 14.9 Å². The topological polar surface area (TPSA) is 38.7 Å². The van der Waals surface area contributed by atoms with Gasteiger partial charge in [0.2, 0.25) is 0 Å². The molecule has 0 aliphatic carbocycles. The summed E-state index contributed by atoms with van der Waals surface area (Å²) in [5, 5.41) is 11.3. The van der Waals surface area contributed by atoms with Gasteiger partial charge in [0.25, 0.3) is 0 Å². The van der Waals surface area contributed by atoms with Crippen molar-refractivity contribution in [3.63, 3.8) is 0 Å². The van der Waals surface area contributed by atoms with E-state index < -0.39 is 18.0 Å². The zero-order valence-corrected chi connectivity index (χ0v) is 17.8. The van der Waals surface area contributed by atoms with Gasteiger partial charge in [-0.05, 0) is 23.6 Å². The second-order valence-corrected chi connectivity index (χ2v) is 8.46. The molecule has 0 radical (unpaired) electrons. The first-order valence-corrected chi connectivity index (χ1v) is 10.7. The Balaban J connectivity index is 1.73. The van der Waals surface area contributed by atoms with Crippen LogP contribution in [0.5, 0.6) is 0 Å². The number of hydrogen-bond donors (Lipinski definition) is 1. The van der Waals surface area contributed by atoms with Crippen molar-refractivity contribution in [1.82, 2.24) is 0 Å². The van der Waals surface area contributed by atoms with Crippen LogP contribution >= 0.6 is 0 Å². The van der Waals surface area contributed by atoms with Crippen molar-refractivity contribution in [3.8, 4) is 0 Å². The molecule has 0 bridgehead atoms. The third-order valence-electron chi connectivity index (χ3n) is 6.56. The summed E-state index contributed by atoms with van der Waals surface area (Å²) in [5.74, 6) is 0.0621. The molecule has 6 atom stereocenters. The van der Waals surface area contributed by atoms with Gasteiger partial charge in [-0.1, -0.05) is 105 Å². The number of ether oxygens (including phenoxy) is 2. The summed E-state index contributed by atoms with van der Waals surface area (Å²) < 4.78 is 12.8. The van der Waals surface area contributed by atoms with Crippen LogP contribution in [0.4, 0.5) is 0 Å². The minimum absolute atomic E-state index is 0.00773. The van der Waals surface area contributed by atoms with E-state index in [4.69, 9.17) is 9.47 Å². The van der Waals surface area contributed by atoms with Crippen LogP contribution in [0.3, 0.4) is 0 Å². The van der Waals surface area contributed by atoms with E-state index in [-0.39, 0.29) is 17.9 Å². The second-order valence-electron chi connectivity index (χ2n) is 8.46. The zero-order valence-electron chi connectivity index (χ0n) is 17.8. The Morgan fingerprint density at radius 1 is 0.700 bits per heavy atom. The first-order valence-electron chi connectivity index (χ1n) is 10.7. The second kappa shape index (κ2) is 8.73. The Hall–Kier alpha value is -2.46. The molecule has 30 heavy (non-hydrogen) atoms. The van der Waals surface area contributed by atoms with Gasteiger partial charge >= 0.3 is 0 Å². The molecule has 1 aliphatic rings. The van der Waals surface area contributed by atoms with Crippen molar-refractivity contribution < 1.29 is 14.6 Å². The predicted molar refractivity (Wildman–Crippen MR) is 119 cm³/mol.